The number of pyridine rings is 1. The third-order valence-electron chi connectivity index (χ3n) is 5.41. The molecule has 3 heterocycles. The summed E-state index contributed by atoms with van der Waals surface area (Å²) in [5.41, 5.74) is 6.71. The molecular weight excluding hydrogens is 374 g/mol. The summed E-state index contributed by atoms with van der Waals surface area (Å²) < 4.78 is 5.90. The molecular formula is C24H23N5O. The molecule has 0 saturated heterocycles. The summed E-state index contributed by atoms with van der Waals surface area (Å²) >= 11 is 0. The van der Waals surface area contributed by atoms with Crippen molar-refractivity contribution < 1.29 is 4.42 Å². The minimum atomic E-state index is 0.388. The summed E-state index contributed by atoms with van der Waals surface area (Å²) in [7, 11) is 2.17. The van der Waals surface area contributed by atoms with E-state index < -0.39 is 0 Å². The minimum Gasteiger partial charge on any atom is -0.403 e. The second-order valence-electron chi connectivity index (χ2n) is 7.68. The van der Waals surface area contributed by atoms with Crippen LogP contribution in [0.5, 0.6) is 0 Å². The van der Waals surface area contributed by atoms with Gasteiger partial charge in [-0.05, 0) is 73.5 Å². The first-order valence-electron chi connectivity index (χ1n) is 10.2. The van der Waals surface area contributed by atoms with Gasteiger partial charge in [0.05, 0.1) is 0 Å². The standard InChI is InChI=1S/C24H23N5O/c1-29-12-4-8-17-9-10-22(14-21(17)16-29)26-24-28-27-23(30-24)19-6-2-5-18(13-19)20-7-3-11-25-15-20/h2-3,5-7,9-11,13-15H,4,8,12,16H2,1H3,(H,26,28). The van der Waals surface area contributed by atoms with Crippen LogP contribution in [0.3, 0.4) is 0 Å². The number of aromatic nitrogens is 3. The van der Waals surface area contributed by atoms with E-state index in [0.29, 0.717) is 11.9 Å². The molecule has 4 aromatic rings. The van der Waals surface area contributed by atoms with E-state index in [-0.39, 0.29) is 0 Å². The van der Waals surface area contributed by atoms with Gasteiger partial charge in [-0.2, -0.15) is 0 Å². The molecule has 2 aromatic carbocycles. The first kappa shape index (κ1) is 18.5. The van der Waals surface area contributed by atoms with Gasteiger partial charge in [-0.15, -0.1) is 5.10 Å². The topological polar surface area (TPSA) is 67.1 Å². The Morgan fingerprint density at radius 1 is 0.933 bits per heavy atom. The average molecular weight is 397 g/mol. The molecule has 150 valence electrons. The summed E-state index contributed by atoms with van der Waals surface area (Å²) in [4.78, 5) is 6.55. The molecule has 0 unspecified atom stereocenters. The molecule has 0 bridgehead atoms. The molecule has 30 heavy (non-hydrogen) atoms. The lowest BCUT2D eigenvalue weighted by Gasteiger charge is -2.14. The summed E-state index contributed by atoms with van der Waals surface area (Å²) in [5, 5.41) is 11.7. The molecule has 0 atom stereocenters. The quantitative estimate of drug-likeness (QED) is 0.527. The van der Waals surface area contributed by atoms with E-state index in [1.807, 2.05) is 42.6 Å². The highest BCUT2D eigenvalue weighted by Crippen LogP contribution is 2.28. The Hall–Kier alpha value is -3.51. The van der Waals surface area contributed by atoms with Crippen LogP contribution in [0.2, 0.25) is 0 Å². The Morgan fingerprint density at radius 3 is 2.73 bits per heavy atom. The predicted octanol–water partition coefficient (Wildman–Crippen LogP) is 4.92. The van der Waals surface area contributed by atoms with E-state index in [1.165, 1.54) is 17.5 Å². The number of aryl methyl sites for hydroxylation is 1. The largest absolute Gasteiger partial charge is 0.403 e. The van der Waals surface area contributed by atoms with Gasteiger partial charge >= 0.3 is 6.01 Å². The van der Waals surface area contributed by atoms with Gasteiger partial charge < -0.3 is 14.6 Å². The van der Waals surface area contributed by atoms with E-state index >= 15 is 0 Å². The van der Waals surface area contributed by atoms with Gasteiger partial charge in [0.1, 0.15) is 0 Å². The van der Waals surface area contributed by atoms with Gasteiger partial charge in [-0.1, -0.05) is 29.4 Å². The third kappa shape index (κ3) is 3.95. The van der Waals surface area contributed by atoms with Crippen molar-refractivity contribution in [2.45, 2.75) is 19.4 Å². The zero-order chi connectivity index (χ0) is 20.3. The van der Waals surface area contributed by atoms with E-state index in [9.17, 15) is 0 Å². The molecule has 6 heteroatoms. The van der Waals surface area contributed by atoms with Gasteiger partial charge in [-0.3, -0.25) is 4.98 Å². The Kier molecular flexibility index (Phi) is 4.99. The summed E-state index contributed by atoms with van der Waals surface area (Å²) in [6.07, 6.45) is 5.93. The van der Waals surface area contributed by atoms with E-state index in [0.717, 1.165) is 41.9 Å². The van der Waals surface area contributed by atoms with Crippen LogP contribution in [0.4, 0.5) is 11.7 Å². The Labute approximate surface area is 175 Å². The minimum absolute atomic E-state index is 0.388. The van der Waals surface area contributed by atoms with Gasteiger partial charge in [0.25, 0.3) is 0 Å². The van der Waals surface area contributed by atoms with Crippen molar-refractivity contribution in [2.75, 3.05) is 18.9 Å². The molecule has 0 fully saturated rings. The van der Waals surface area contributed by atoms with Crippen molar-refractivity contribution in [1.29, 1.82) is 0 Å². The SMILES string of the molecule is CN1CCCc2ccc(Nc3nnc(-c4cccc(-c5cccnc5)c4)o3)cc2C1. The second-order valence-corrected chi connectivity index (χ2v) is 7.68. The maximum absolute atomic E-state index is 5.90. The highest BCUT2D eigenvalue weighted by Gasteiger charge is 2.14. The van der Waals surface area contributed by atoms with Crippen LogP contribution in [-0.4, -0.2) is 33.7 Å². The molecule has 0 spiro atoms. The molecule has 0 radical (unpaired) electrons. The van der Waals surface area contributed by atoms with Crippen LogP contribution in [0.15, 0.2) is 71.4 Å². The van der Waals surface area contributed by atoms with Crippen molar-refractivity contribution in [2.24, 2.45) is 0 Å². The van der Waals surface area contributed by atoms with Crippen molar-refractivity contribution in [3.8, 4) is 22.6 Å². The number of nitrogens with one attached hydrogen (secondary N) is 1. The van der Waals surface area contributed by atoms with Crippen LogP contribution in [0.1, 0.15) is 17.5 Å². The summed E-state index contributed by atoms with van der Waals surface area (Å²) in [6.45, 7) is 2.09. The van der Waals surface area contributed by atoms with Gasteiger partial charge in [0, 0.05) is 35.8 Å². The maximum Gasteiger partial charge on any atom is 0.320 e. The van der Waals surface area contributed by atoms with E-state index in [2.05, 4.69) is 50.6 Å². The molecule has 5 rings (SSSR count). The molecule has 1 aliphatic rings. The van der Waals surface area contributed by atoms with Crippen LogP contribution in [0.25, 0.3) is 22.6 Å². The lowest BCUT2D eigenvalue weighted by molar-refractivity contribution is 0.332. The molecule has 6 nitrogen and oxygen atoms in total. The molecule has 0 amide bonds. The average Bonchev–Trinajstić information content (AvgIpc) is 3.16. The number of fused-ring (bicyclic) bond motifs is 1. The Morgan fingerprint density at radius 2 is 1.83 bits per heavy atom. The van der Waals surface area contributed by atoms with E-state index in [1.54, 1.807) is 6.20 Å². The maximum atomic E-state index is 5.90. The first-order valence-corrected chi connectivity index (χ1v) is 10.2. The molecule has 1 aliphatic heterocycles. The number of anilines is 2. The zero-order valence-corrected chi connectivity index (χ0v) is 16.9. The van der Waals surface area contributed by atoms with Gasteiger partial charge in [-0.25, -0.2) is 0 Å². The van der Waals surface area contributed by atoms with Crippen molar-refractivity contribution in [1.82, 2.24) is 20.1 Å². The normalized spacial score (nSPS) is 14.2. The number of hydrogen-bond donors (Lipinski definition) is 1. The fourth-order valence-corrected chi connectivity index (χ4v) is 3.88. The second kappa shape index (κ2) is 8.08. The van der Waals surface area contributed by atoms with Crippen LogP contribution in [-0.2, 0) is 13.0 Å². The molecule has 2 aromatic heterocycles. The number of nitrogens with zero attached hydrogens (tertiary/aromatic N) is 4. The van der Waals surface area contributed by atoms with Crippen LogP contribution < -0.4 is 5.32 Å². The van der Waals surface area contributed by atoms with Crippen LogP contribution >= 0.6 is 0 Å². The highest BCUT2D eigenvalue weighted by molar-refractivity contribution is 5.69. The lowest BCUT2D eigenvalue weighted by Crippen LogP contribution is -2.17. The monoisotopic (exact) mass is 397 g/mol. The predicted molar refractivity (Wildman–Crippen MR) is 117 cm³/mol. The van der Waals surface area contributed by atoms with Gasteiger partial charge in [0.2, 0.25) is 5.89 Å². The number of hydrogen-bond acceptors (Lipinski definition) is 6. The third-order valence-corrected chi connectivity index (χ3v) is 5.41. The Bertz CT molecular complexity index is 1160. The highest BCUT2D eigenvalue weighted by atomic mass is 16.4. The van der Waals surface area contributed by atoms with Crippen molar-refractivity contribution >= 4 is 11.7 Å². The summed E-state index contributed by atoms with van der Waals surface area (Å²) in [6, 6.07) is 18.8. The fraction of sp³-hybridized carbons (Fsp3) is 0.208. The van der Waals surface area contributed by atoms with Crippen LogP contribution in [0, 0.1) is 0 Å². The number of rotatable bonds is 4. The zero-order valence-electron chi connectivity index (χ0n) is 16.9. The lowest BCUT2D eigenvalue weighted by atomic mass is 10.0. The Balaban J connectivity index is 1.37. The van der Waals surface area contributed by atoms with E-state index in [4.69, 9.17) is 4.42 Å². The smallest absolute Gasteiger partial charge is 0.320 e. The van der Waals surface area contributed by atoms with Crippen molar-refractivity contribution in [3.05, 3.63) is 78.1 Å². The fourth-order valence-electron chi connectivity index (χ4n) is 3.88. The summed E-state index contributed by atoms with van der Waals surface area (Å²) in [5.74, 6) is 0.484. The molecule has 0 saturated carbocycles. The van der Waals surface area contributed by atoms with Gasteiger partial charge in [0.15, 0.2) is 0 Å². The molecule has 0 aliphatic carbocycles. The first-order chi connectivity index (χ1) is 14.7. The number of benzene rings is 2. The van der Waals surface area contributed by atoms with Crippen molar-refractivity contribution in [3.63, 3.8) is 0 Å². The molecule has 1 N–H and O–H groups in total.